The average molecular weight is 291 g/mol. The van der Waals surface area contributed by atoms with Crippen LogP contribution in [0.2, 0.25) is 0 Å². The molecular formula is C15H31ClN2O. The van der Waals surface area contributed by atoms with E-state index in [0.29, 0.717) is 12.0 Å². The van der Waals surface area contributed by atoms with Crippen molar-refractivity contribution in [3.05, 3.63) is 0 Å². The number of carbonyl (C=O) groups is 1. The van der Waals surface area contributed by atoms with Crippen LogP contribution in [-0.4, -0.2) is 28.9 Å². The Morgan fingerprint density at radius 2 is 1.95 bits per heavy atom. The average Bonchev–Trinajstić information content (AvgIpc) is 2.28. The summed E-state index contributed by atoms with van der Waals surface area (Å²) >= 11 is 0. The number of primary amides is 1. The maximum atomic E-state index is 12.2. The quantitative estimate of drug-likeness (QED) is 0.845. The van der Waals surface area contributed by atoms with Gasteiger partial charge in [-0.15, -0.1) is 12.4 Å². The molecule has 0 aromatic heterocycles. The molecule has 0 spiro atoms. The Kier molecular flexibility index (Phi) is 7.38. The van der Waals surface area contributed by atoms with Crippen molar-refractivity contribution < 1.29 is 4.79 Å². The molecule has 1 heterocycles. The van der Waals surface area contributed by atoms with Gasteiger partial charge >= 0.3 is 0 Å². The monoisotopic (exact) mass is 290 g/mol. The van der Waals surface area contributed by atoms with Crippen LogP contribution < -0.4 is 5.73 Å². The molecule has 0 saturated carbocycles. The van der Waals surface area contributed by atoms with Gasteiger partial charge in [0.15, 0.2) is 0 Å². The summed E-state index contributed by atoms with van der Waals surface area (Å²) in [5, 5.41) is 0. The van der Waals surface area contributed by atoms with Crippen molar-refractivity contribution in [3.8, 4) is 0 Å². The first kappa shape index (κ1) is 18.7. The Bertz CT molecular complexity index is 294. The lowest BCUT2D eigenvalue weighted by Gasteiger charge is -2.53. The topological polar surface area (TPSA) is 46.3 Å². The molecule has 2 N–H and O–H groups in total. The van der Waals surface area contributed by atoms with Crippen LogP contribution in [0.25, 0.3) is 0 Å². The van der Waals surface area contributed by atoms with Gasteiger partial charge in [-0.1, -0.05) is 34.6 Å². The Morgan fingerprint density at radius 1 is 1.37 bits per heavy atom. The first-order valence-corrected chi connectivity index (χ1v) is 7.44. The van der Waals surface area contributed by atoms with E-state index in [4.69, 9.17) is 5.73 Å². The summed E-state index contributed by atoms with van der Waals surface area (Å²) in [6, 6.07) is 0.494. The first-order chi connectivity index (χ1) is 8.37. The number of rotatable bonds is 5. The normalized spacial score (nSPS) is 28.5. The van der Waals surface area contributed by atoms with Crippen LogP contribution in [0.1, 0.15) is 60.3 Å². The lowest BCUT2D eigenvalue weighted by molar-refractivity contribution is -0.142. The molecule has 1 aliphatic heterocycles. The highest BCUT2D eigenvalue weighted by Crippen LogP contribution is 2.39. The molecule has 114 valence electrons. The Balaban J connectivity index is 0.00000324. The maximum Gasteiger partial charge on any atom is 0.238 e. The summed E-state index contributed by atoms with van der Waals surface area (Å²) in [6.07, 6.45) is 4.30. The van der Waals surface area contributed by atoms with Crippen molar-refractivity contribution in [2.45, 2.75) is 71.9 Å². The van der Waals surface area contributed by atoms with E-state index in [-0.39, 0.29) is 24.2 Å². The highest BCUT2D eigenvalue weighted by Gasteiger charge is 2.49. The molecule has 19 heavy (non-hydrogen) atoms. The molecule has 0 aromatic carbocycles. The van der Waals surface area contributed by atoms with Crippen LogP contribution in [-0.2, 0) is 4.79 Å². The zero-order chi connectivity index (χ0) is 13.9. The summed E-state index contributed by atoms with van der Waals surface area (Å²) < 4.78 is 0. The number of piperidine rings is 1. The fourth-order valence-electron chi connectivity index (χ4n) is 3.65. The number of carbonyl (C=O) groups excluding carboxylic acids is 1. The molecule has 2 atom stereocenters. The van der Waals surface area contributed by atoms with Gasteiger partial charge in [-0.25, -0.2) is 0 Å². The summed E-state index contributed by atoms with van der Waals surface area (Å²) in [5.74, 6) is 0.730. The van der Waals surface area contributed by atoms with Crippen molar-refractivity contribution in [1.29, 1.82) is 0 Å². The molecule has 1 rings (SSSR count). The molecule has 1 amide bonds. The van der Waals surface area contributed by atoms with Gasteiger partial charge in [-0.05, 0) is 44.1 Å². The highest BCUT2D eigenvalue weighted by atomic mass is 35.5. The van der Waals surface area contributed by atoms with Gasteiger partial charge in [-0.2, -0.15) is 0 Å². The number of likely N-dealkylation sites (tertiary alicyclic amines) is 1. The van der Waals surface area contributed by atoms with Crippen molar-refractivity contribution in [3.63, 3.8) is 0 Å². The standard InChI is InChI=1S/C15H30N2O.ClH/c1-6-10-17-13(11(2)3)8-7-9-15(17,12(4)5)14(16)18;/h11-13H,6-10H2,1-5H3,(H2,16,18);1H. The predicted octanol–water partition coefficient (Wildman–Crippen LogP) is 3.21. The molecular weight excluding hydrogens is 260 g/mol. The van der Waals surface area contributed by atoms with Gasteiger partial charge in [0.05, 0.1) is 0 Å². The fraction of sp³-hybridized carbons (Fsp3) is 0.933. The summed E-state index contributed by atoms with van der Waals surface area (Å²) in [7, 11) is 0. The van der Waals surface area contributed by atoms with Gasteiger partial charge in [0.2, 0.25) is 5.91 Å². The zero-order valence-electron chi connectivity index (χ0n) is 13.1. The van der Waals surface area contributed by atoms with Crippen molar-refractivity contribution >= 4 is 18.3 Å². The Morgan fingerprint density at radius 3 is 2.32 bits per heavy atom. The van der Waals surface area contributed by atoms with Crippen LogP contribution in [0.4, 0.5) is 0 Å². The van der Waals surface area contributed by atoms with E-state index in [1.54, 1.807) is 0 Å². The van der Waals surface area contributed by atoms with Crippen molar-refractivity contribution in [2.75, 3.05) is 6.54 Å². The van der Waals surface area contributed by atoms with Gasteiger partial charge in [0.25, 0.3) is 0 Å². The molecule has 1 aliphatic rings. The third-order valence-corrected chi connectivity index (χ3v) is 4.59. The molecule has 0 bridgehead atoms. The number of nitrogens with zero attached hydrogens (tertiary/aromatic N) is 1. The largest absolute Gasteiger partial charge is 0.368 e. The molecule has 2 unspecified atom stereocenters. The molecule has 0 aliphatic carbocycles. The van der Waals surface area contributed by atoms with Crippen LogP contribution in [0, 0.1) is 11.8 Å². The van der Waals surface area contributed by atoms with Crippen molar-refractivity contribution in [1.82, 2.24) is 4.90 Å². The van der Waals surface area contributed by atoms with E-state index in [1.807, 2.05) is 0 Å². The van der Waals surface area contributed by atoms with Gasteiger partial charge in [-0.3, -0.25) is 9.69 Å². The molecule has 3 nitrogen and oxygen atoms in total. The zero-order valence-corrected chi connectivity index (χ0v) is 13.9. The first-order valence-electron chi connectivity index (χ1n) is 7.44. The third-order valence-electron chi connectivity index (χ3n) is 4.59. The number of halogens is 1. The van der Waals surface area contributed by atoms with Gasteiger partial charge < -0.3 is 5.73 Å². The van der Waals surface area contributed by atoms with Crippen LogP contribution in [0.3, 0.4) is 0 Å². The van der Waals surface area contributed by atoms with E-state index >= 15 is 0 Å². The lowest BCUT2D eigenvalue weighted by Crippen LogP contribution is -2.66. The summed E-state index contributed by atoms with van der Waals surface area (Å²) in [6.45, 7) is 11.9. The number of amides is 1. The minimum atomic E-state index is -0.427. The number of nitrogens with two attached hydrogens (primary N) is 1. The fourth-order valence-corrected chi connectivity index (χ4v) is 3.65. The summed E-state index contributed by atoms with van der Waals surface area (Å²) in [4.78, 5) is 14.6. The number of hydrogen-bond donors (Lipinski definition) is 1. The van der Waals surface area contributed by atoms with Crippen LogP contribution >= 0.6 is 12.4 Å². The second-order valence-corrected chi connectivity index (χ2v) is 6.34. The highest BCUT2D eigenvalue weighted by molar-refractivity contribution is 5.85. The van der Waals surface area contributed by atoms with Gasteiger partial charge in [0.1, 0.15) is 5.54 Å². The smallest absolute Gasteiger partial charge is 0.238 e. The lowest BCUT2D eigenvalue weighted by atomic mass is 9.73. The van der Waals surface area contributed by atoms with E-state index < -0.39 is 5.54 Å². The minimum Gasteiger partial charge on any atom is -0.368 e. The second kappa shape index (κ2) is 7.49. The Labute approximate surface area is 124 Å². The summed E-state index contributed by atoms with van der Waals surface area (Å²) in [5.41, 5.74) is 5.38. The van der Waals surface area contributed by atoms with E-state index in [0.717, 1.165) is 25.8 Å². The Hall–Kier alpha value is -0.280. The predicted molar refractivity (Wildman–Crippen MR) is 83.5 cm³/mol. The van der Waals surface area contributed by atoms with Crippen molar-refractivity contribution in [2.24, 2.45) is 17.6 Å². The molecule has 0 radical (unpaired) electrons. The van der Waals surface area contributed by atoms with E-state index in [2.05, 4.69) is 39.5 Å². The van der Waals surface area contributed by atoms with E-state index in [1.165, 1.54) is 6.42 Å². The molecule has 4 heteroatoms. The van der Waals surface area contributed by atoms with Gasteiger partial charge in [0, 0.05) is 6.04 Å². The minimum absolute atomic E-state index is 0. The molecule has 1 fully saturated rings. The SMILES string of the molecule is CCCN1C(C(C)C)CCCC1(C(N)=O)C(C)C.Cl. The van der Waals surface area contributed by atoms with E-state index in [9.17, 15) is 4.79 Å². The molecule has 1 saturated heterocycles. The number of hydrogen-bond acceptors (Lipinski definition) is 2. The third kappa shape index (κ3) is 3.43. The molecule has 0 aromatic rings. The maximum absolute atomic E-state index is 12.2. The second-order valence-electron chi connectivity index (χ2n) is 6.34. The van der Waals surface area contributed by atoms with Crippen LogP contribution in [0.15, 0.2) is 0 Å². The van der Waals surface area contributed by atoms with Crippen LogP contribution in [0.5, 0.6) is 0 Å².